The SMILES string of the molecule is Cc1cccc(C(=O)Nc2c(Cl)cc(Cl)cc2Cl)c1F. The molecular weight excluding hydrogens is 324 g/mol. The Morgan fingerprint density at radius 2 is 1.75 bits per heavy atom. The Labute approximate surface area is 130 Å². The summed E-state index contributed by atoms with van der Waals surface area (Å²) in [7, 11) is 0. The minimum Gasteiger partial charge on any atom is -0.319 e. The van der Waals surface area contributed by atoms with E-state index in [1.165, 1.54) is 18.2 Å². The van der Waals surface area contributed by atoms with E-state index in [2.05, 4.69) is 5.32 Å². The number of halogens is 4. The number of rotatable bonds is 2. The molecule has 0 aliphatic carbocycles. The first-order valence-corrected chi connectivity index (χ1v) is 6.74. The van der Waals surface area contributed by atoms with Gasteiger partial charge in [-0.05, 0) is 30.7 Å². The lowest BCUT2D eigenvalue weighted by Gasteiger charge is -2.11. The summed E-state index contributed by atoms with van der Waals surface area (Å²) >= 11 is 17.7. The third kappa shape index (κ3) is 3.06. The van der Waals surface area contributed by atoms with Crippen molar-refractivity contribution < 1.29 is 9.18 Å². The molecule has 0 bridgehead atoms. The number of amides is 1. The fraction of sp³-hybridized carbons (Fsp3) is 0.0714. The molecule has 0 aliphatic heterocycles. The van der Waals surface area contributed by atoms with Crippen LogP contribution in [-0.4, -0.2) is 5.91 Å². The molecule has 6 heteroatoms. The standard InChI is InChI=1S/C14H9Cl3FNO/c1-7-3-2-4-9(12(7)18)14(20)19-13-10(16)5-8(15)6-11(13)17/h2-6H,1H3,(H,19,20). The Bertz CT molecular complexity index is 665. The zero-order valence-electron chi connectivity index (χ0n) is 10.3. The van der Waals surface area contributed by atoms with Crippen molar-refractivity contribution in [2.45, 2.75) is 6.92 Å². The zero-order chi connectivity index (χ0) is 14.9. The second-order valence-corrected chi connectivity index (χ2v) is 5.39. The van der Waals surface area contributed by atoms with Gasteiger partial charge in [0.1, 0.15) is 5.82 Å². The van der Waals surface area contributed by atoms with E-state index in [9.17, 15) is 9.18 Å². The van der Waals surface area contributed by atoms with Gasteiger partial charge in [-0.3, -0.25) is 4.79 Å². The van der Waals surface area contributed by atoms with Crippen molar-refractivity contribution in [2.24, 2.45) is 0 Å². The van der Waals surface area contributed by atoms with Gasteiger partial charge in [0.2, 0.25) is 0 Å². The molecule has 0 aromatic heterocycles. The number of aryl methyl sites for hydroxylation is 1. The molecule has 0 atom stereocenters. The normalized spacial score (nSPS) is 10.4. The number of carbonyl (C=O) groups is 1. The summed E-state index contributed by atoms with van der Waals surface area (Å²) in [6.45, 7) is 1.58. The molecule has 2 aromatic carbocycles. The van der Waals surface area contributed by atoms with Crippen molar-refractivity contribution in [1.82, 2.24) is 0 Å². The summed E-state index contributed by atoms with van der Waals surface area (Å²) in [4.78, 5) is 12.1. The molecule has 0 radical (unpaired) electrons. The van der Waals surface area contributed by atoms with Crippen LogP contribution in [-0.2, 0) is 0 Å². The number of benzene rings is 2. The maximum atomic E-state index is 13.9. The van der Waals surface area contributed by atoms with E-state index in [0.29, 0.717) is 10.6 Å². The van der Waals surface area contributed by atoms with Crippen molar-refractivity contribution in [2.75, 3.05) is 5.32 Å². The molecule has 104 valence electrons. The van der Waals surface area contributed by atoms with E-state index in [4.69, 9.17) is 34.8 Å². The van der Waals surface area contributed by atoms with Gasteiger partial charge in [-0.15, -0.1) is 0 Å². The van der Waals surface area contributed by atoms with E-state index in [-0.39, 0.29) is 21.3 Å². The van der Waals surface area contributed by atoms with Crippen LogP contribution in [0.15, 0.2) is 30.3 Å². The Morgan fingerprint density at radius 1 is 1.15 bits per heavy atom. The molecule has 20 heavy (non-hydrogen) atoms. The molecule has 0 fully saturated rings. The number of anilines is 1. The first-order valence-electron chi connectivity index (χ1n) is 5.61. The Kier molecular flexibility index (Phi) is 4.53. The maximum Gasteiger partial charge on any atom is 0.258 e. The fourth-order valence-corrected chi connectivity index (χ4v) is 2.58. The molecule has 0 saturated carbocycles. The first kappa shape index (κ1) is 15.1. The van der Waals surface area contributed by atoms with Gasteiger partial charge in [0.15, 0.2) is 0 Å². The summed E-state index contributed by atoms with van der Waals surface area (Å²) in [5, 5.41) is 3.20. The van der Waals surface area contributed by atoms with E-state index in [0.717, 1.165) is 0 Å². The van der Waals surface area contributed by atoms with Crippen LogP contribution in [0.3, 0.4) is 0 Å². The predicted molar refractivity (Wildman–Crippen MR) is 80.6 cm³/mol. The Balaban J connectivity index is 2.36. The van der Waals surface area contributed by atoms with E-state index in [1.807, 2.05) is 0 Å². The third-order valence-corrected chi connectivity index (χ3v) is 3.50. The van der Waals surface area contributed by atoms with Crippen LogP contribution in [0, 0.1) is 12.7 Å². The lowest BCUT2D eigenvalue weighted by atomic mass is 10.1. The molecule has 0 saturated heterocycles. The van der Waals surface area contributed by atoms with Gasteiger partial charge in [-0.2, -0.15) is 0 Å². The summed E-state index contributed by atoms with van der Waals surface area (Å²) in [6, 6.07) is 7.44. The van der Waals surface area contributed by atoms with Gasteiger partial charge in [-0.25, -0.2) is 4.39 Å². The van der Waals surface area contributed by atoms with E-state index in [1.54, 1.807) is 19.1 Å². The summed E-state index contributed by atoms with van der Waals surface area (Å²) in [5.74, 6) is -1.21. The van der Waals surface area contributed by atoms with Crippen LogP contribution in [0.5, 0.6) is 0 Å². The first-order chi connectivity index (χ1) is 9.40. The smallest absolute Gasteiger partial charge is 0.258 e. The second-order valence-electron chi connectivity index (χ2n) is 4.14. The minimum absolute atomic E-state index is 0.0768. The van der Waals surface area contributed by atoms with Crippen LogP contribution in [0.25, 0.3) is 0 Å². The van der Waals surface area contributed by atoms with Gasteiger partial charge >= 0.3 is 0 Å². The number of carbonyl (C=O) groups excluding carboxylic acids is 1. The van der Waals surface area contributed by atoms with Gasteiger partial charge in [0.25, 0.3) is 5.91 Å². The Morgan fingerprint density at radius 3 is 2.35 bits per heavy atom. The Hall–Kier alpha value is -1.29. The van der Waals surface area contributed by atoms with Crippen molar-refractivity contribution in [1.29, 1.82) is 0 Å². The molecule has 0 aliphatic rings. The van der Waals surface area contributed by atoms with Crippen LogP contribution in [0.2, 0.25) is 15.1 Å². The van der Waals surface area contributed by atoms with Crippen molar-refractivity contribution >= 4 is 46.4 Å². The molecule has 0 unspecified atom stereocenters. The van der Waals surface area contributed by atoms with Crippen molar-refractivity contribution in [3.8, 4) is 0 Å². The molecule has 0 heterocycles. The third-order valence-electron chi connectivity index (χ3n) is 2.68. The summed E-state index contributed by atoms with van der Waals surface area (Å²) < 4.78 is 13.9. The summed E-state index contributed by atoms with van der Waals surface area (Å²) in [6.07, 6.45) is 0. The highest BCUT2D eigenvalue weighted by molar-refractivity contribution is 6.42. The van der Waals surface area contributed by atoms with Gasteiger partial charge < -0.3 is 5.32 Å². The molecule has 1 amide bonds. The monoisotopic (exact) mass is 331 g/mol. The number of hydrogen-bond acceptors (Lipinski definition) is 1. The van der Waals surface area contributed by atoms with Crippen LogP contribution in [0.4, 0.5) is 10.1 Å². The summed E-state index contributed by atoms with van der Waals surface area (Å²) in [5.41, 5.74) is 0.502. The van der Waals surface area contributed by atoms with Crippen LogP contribution in [0.1, 0.15) is 15.9 Å². The topological polar surface area (TPSA) is 29.1 Å². The molecule has 0 spiro atoms. The average Bonchev–Trinajstić information content (AvgIpc) is 2.36. The molecule has 2 rings (SSSR count). The van der Waals surface area contributed by atoms with Gasteiger partial charge in [-0.1, -0.05) is 46.9 Å². The van der Waals surface area contributed by atoms with Crippen LogP contribution < -0.4 is 5.32 Å². The average molecular weight is 333 g/mol. The molecule has 1 N–H and O–H groups in total. The number of hydrogen-bond donors (Lipinski definition) is 1. The zero-order valence-corrected chi connectivity index (χ0v) is 12.6. The largest absolute Gasteiger partial charge is 0.319 e. The minimum atomic E-state index is -0.627. The van der Waals surface area contributed by atoms with Gasteiger partial charge in [0.05, 0.1) is 21.3 Å². The van der Waals surface area contributed by atoms with E-state index < -0.39 is 11.7 Å². The predicted octanol–water partition coefficient (Wildman–Crippen LogP) is 5.35. The fourth-order valence-electron chi connectivity index (χ4n) is 1.67. The molecule has 2 nitrogen and oxygen atoms in total. The maximum absolute atomic E-state index is 13.9. The highest BCUT2D eigenvalue weighted by Gasteiger charge is 2.16. The lowest BCUT2D eigenvalue weighted by molar-refractivity contribution is 0.102. The number of nitrogens with one attached hydrogen (secondary N) is 1. The quantitative estimate of drug-likeness (QED) is 0.789. The lowest BCUT2D eigenvalue weighted by Crippen LogP contribution is -2.15. The second kappa shape index (κ2) is 6.00. The van der Waals surface area contributed by atoms with Crippen molar-refractivity contribution in [3.05, 3.63) is 62.3 Å². The highest BCUT2D eigenvalue weighted by atomic mass is 35.5. The van der Waals surface area contributed by atoms with E-state index >= 15 is 0 Å². The van der Waals surface area contributed by atoms with Gasteiger partial charge in [0, 0.05) is 5.02 Å². The highest BCUT2D eigenvalue weighted by Crippen LogP contribution is 2.34. The van der Waals surface area contributed by atoms with Crippen LogP contribution >= 0.6 is 34.8 Å². The molecular formula is C14H9Cl3FNO. The molecule has 2 aromatic rings. The van der Waals surface area contributed by atoms with Crippen molar-refractivity contribution in [3.63, 3.8) is 0 Å².